The molecule has 2 aliphatic rings. The summed E-state index contributed by atoms with van der Waals surface area (Å²) in [5.41, 5.74) is 1.53. The SMILES string of the molecule is O=C(C1CCN(c2nc3ccc(Cl)cc3o2)CC1)N1CCCCC1. The van der Waals surface area contributed by atoms with Crippen LogP contribution in [0, 0.1) is 5.92 Å². The van der Waals surface area contributed by atoms with Gasteiger partial charge in [0.05, 0.1) is 0 Å². The maximum absolute atomic E-state index is 12.6. The normalized spacial score (nSPS) is 19.9. The maximum atomic E-state index is 12.6. The number of oxazole rings is 1. The summed E-state index contributed by atoms with van der Waals surface area (Å²) in [6.45, 7) is 3.49. The van der Waals surface area contributed by atoms with E-state index in [2.05, 4.69) is 14.8 Å². The van der Waals surface area contributed by atoms with E-state index in [0.717, 1.165) is 57.4 Å². The quantitative estimate of drug-likeness (QED) is 0.831. The Balaban J connectivity index is 1.40. The van der Waals surface area contributed by atoms with E-state index in [-0.39, 0.29) is 5.92 Å². The fourth-order valence-electron chi connectivity index (χ4n) is 3.71. The molecule has 0 N–H and O–H groups in total. The molecule has 2 fully saturated rings. The van der Waals surface area contributed by atoms with Crippen molar-refractivity contribution in [2.45, 2.75) is 32.1 Å². The molecule has 2 aromatic rings. The van der Waals surface area contributed by atoms with Gasteiger partial charge in [-0.3, -0.25) is 4.79 Å². The number of carbonyl (C=O) groups is 1. The number of anilines is 1. The zero-order valence-electron chi connectivity index (χ0n) is 13.7. The van der Waals surface area contributed by atoms with E-state index in [4.69, 9.17) is 16.0 Å². The van der Waals surface area contributed by atoms with Crippen LogP contribution in [0.2, 0.25) is 5.02 Å². The second-order valence-corrected chi connectivity index (χ2v) is 7.19. The molecule has 1 amide bonds. The van der Waals surface area contributed by atoms with Crippen LogP contribution in [0.3, 0.4) is 0 Å². The molecule has 6 heteroatoms. The highest BCUT2D eigenvalue weighted by molar-refractivity contribution is 6.31. The van der Waals surface area contributed by atoms with E-state index in [1.165, 1.54) is 6.42 Å². The van der Waals surface area contributed by atoms with Crippen LogP contribution in [-0.4, -0.2) is 42.0 Å². The molecule has 0 aliphatic carbocycles. The topological polar surface area (TPSA) is 49.6 Å². The van der Waals surface area contributed by atoms with Crippen molar-refractivity contribution in [2.24, 2.45) is 5.92 Å². The molecule has 5 nitrogen and oxygen atoms in total. The third-order valence-electron chi connectivity index (χ3n) is 5.12. The summed E-state index contributed by atoms with van der Waals surface area (Å²) in [4.78, 5) is 21.4. The Labute approximate surface area is 146 Å². The average Bonchev–Trinajstić information content (AvgIpc) is 3.05. The van der Waals surface area contributed by atoms with Gasteiger partial charge in [-0.1, -0.05) is 11.6 Å². The number of likely N-dealkylation sites (tertiary alicyclic amines) is 1. The number of benzene rings is 1. The molecule has 24 heavy (non-hydrogen) atoms. The summed E-state index contributed by atoms with van der Waals surface area (Å²) >= 11 is 6.00. The minimum absolute atomic E-state index is 0.151. The first-order valence-corrected chi connectivity index (χ1v) is 9.18. The van der Waals surface area contributed by atoms with Gasteiger partial charge in [-0.2, -0.15) is 4.98 Å². The summed E-state index contributed by atoms with van der Waals surface area (Å²) in [5, 5.41) is 0.649. The Bertz CT molecular complexity index is 731. The van der Waals surface area contributed by atoms with E-state index < -0.39 is 0 Å². The highest BCUT2D eigenvalue weighted by Crippen LogP contribution is 2.29. The first kappa shape index (κ1) is 15.8. The number of halogens is 1. The summed E-state index contributed by atoms with van der Waals surface area (Å²) in [6, 6.07) is 6.12. The van der Waals surface area contributed by atoms with Crippen LogP contribution in [0.25, 0.3) is 11.1 Å². The highest BCUT2D eigenvalue weighted by Gasteiger charge is 2.30. The molecule has 0 unspecified atom stereocenters. The zero-order valence-corrected chi connectivity index (χ0v) is 14.5. The van der Waals surface area contributed by atoms with Crippen molar-refractivity contribution in [1.82, 2.24) is 9.88 Å². The number of amides is 1. The van der Waals surface area contributed by atoms with Gasteiger partial charge >= 0.3 is 0 Å². The highest BCUT2D eigenvalue weighted by atomic mass is 35.5. The lowest BCUT2D eigenvalue weighted by Crippen LogP contribution is -2.44. The summed E-state index contributed by atoms with van der Waals surface area (Å²) in [7, 11) is 0. The minimum atomic E-state index is 0.151. The van der Waals surface area contributed by atoms with Crippen LogP contribution in [0.4, 0.5) is 6.01 Å². The van der Waals surface area contributed by atoms with Crippen molar-refractivity contribution in [2.75, 3.05) is 31.1 Å². The Kier molecular flexibility index (Phi) is 4.35. The molecule has 128 valence electrons. The largest absolute Gasteiger partial charge is 0.423 e. The van der Waals surface area contributed by atoms with Crippen LogP contribution in [-0.2, 0) is 4.79 Å². The van der Waals surface area contributed by atoms with Gasteiger partial charge in [0.2, 0.25) is 5.91 Å². The summed E-state index contributed by atoms with van der Waals surface area (Å²) < 4.78 is 5.84. The molecule has 1 aromatic heterocycles. The molecular formula is C18H22ClN3O2. The first-order valence-electron chi connectivity index (χ1n) is 8.80. The van der Waals surface area contributed by atoms with Crippen LogP contribution >= 0.6 is 11.6 Å². The lowest BCUT2D eigenvalue weighted by Gasteiger charge is -2.35. The fraction of sp³-hybridized carbons (Fsp3) is 0.556. The third kappa shape index (κ3) is 3.09. The van der Waals surface area contributed by atoms with Crippen molar-refractivity contribution in [3.8, 4) is 0 Å². The smallest absolute Gasteiger partial charge is 0.298 e. The monoisotopic (exact) mass is 347 g/mol. The number of fused-ring (bicyclic) bond motifs is 1. The van der Waals surface area contributed by atoms with Crippen LogP contribution in [0.1, 0.15) is 32.1 Å². The molecule has 2 saturated heterocycles. The third-order valence-corrected chi connectivity index (χ3v) is 5.36. The zero-order chi connectivity index (χ0) is 16.5. The second-order valence-electron chi connectivity index (χ2n) is 6.76. The van der Waals surface area contributed by atoms with Crippen LogP contribution in [0.5, 0.6) is 0 Å². The first-order chi connectivity index (χ1) is 11.7. The Hall–Kier alpha value is -1.75. The van der Waals surface area contributed by atoms with Gasteiger partial charge in [0.25, 0.3) is 6.01 Å². The molecule has 0 spiro atoms. The Morgan fingerprint density at radius 2 is 1.88 bits per heavy atom. The molecule has 0 radical (unpaired) electrons. The number of nitrogens with zero attached hydrogens (tertiary/aromatic N) is 3. The molecule has 0 saturated carbocycles. The van der Waals surface area contributed by atoms with Gasteiger partial charge in [0, 0.05) is 43.2 Å². The number of carbonyl (C=O) groups excluding carboxylic acids is 1. The maximum Gasteiger partial charge on any atom is 0.298 e. The summed E-state index contributed by atoms with van der Waals surface area (Å²) in [6.07, 6.45) is 5.29. The van der Waals surface area contributed by atoms with Crippen molar-refractivity contribution in [1.29, 1.82) is 0 Å². The van der Waals surface area contributed by atoms with Crippen LogP contribution < -0.4 is 4.90 Å². The van der Waals surface area contributed by atoms with Crippen LogP contribution in [0.15, 0.2) is 22.6 Å². The predicted octanol–water partition coefficient (Wildman–Crippen LogP) is 3.71. The number of rotatable bonds is 2. The number of aromatic nitrogens is 1. The van der Waals surface area contributed by atoms with Crippen molar-refractivity contribution in [3.05, 3.63) is 23.2 Å². The molecule has 0 atom stereocenters. The summed E-state index contributed by atoms with van der Waals surface area (Å²) in [5.74, 6) is 0.497. The van der Waals surface area contributed by atoms with Gasteiger partial charge in [-0.25, -0.2) is 0 Å². The predicted molar refractivity (Wildman–Crippen MR) is 94.4 cm³/mol. The van der Waals surface area contributed by atoms with E-state index in [9.17, 15) is 4.79 Å². The van der Waals surface area contributed by atoms with Crippen molar-refractivity contribution >= 4 is 34.6 Å². The molecule has 2 aliphatic heterocycles. The molecule has 4 rings (SSSR count). The Morgan fingerprint density at radius 3 is 2.62 bits per heavy atom. The Morgan fingerprint density at radius 1 is 1.12 bits per heavy atom. The van der Waals surface area contributed by atoms with Crippen molar-refractivity contribution in [3.63, 3.8) is 0 Å². The lowest BCUT2D eigenvalue weighted by atomic mass is 9.94. The average molecular weight is 348 g/mol. The van der Waals surface area contributed by atoms with E-state index in [1.807, 2.05) is 12.1 Å². The molecule has 1 aromatic carbocycles. The molecule has 0 bridgehead atoms. The standard InChI is InChI=1S/C18H22ClN3O2/c19-14-4-5-15-16(12-14)24-18(20-15)22-10-6-13(7-11-22)17(23)21-8-2-1-3-9-21/h4-5,12-13H,1-3,6-11H2. The van der Waals surface area contributed by atoms with E-state index >= 15 is 0 Å². The van der Waals surface area contributed by atoms with Gasteiger partial charge in [0.15, 0.2) is 5.58 Å². The lowest BCUT2D eigenvalue weighted by molar-refractivity contribution is -0.137. The van der Waals surface area contributed by atoms with Gasteiger partial charge in [0.1, 0.15) is 5.52 Å². The second kappa shape index (κ2) is 6.63. The van der Waals surface area contributed by atoms with Crippen molar-refractivity contribution < 1.29 is 9.21 Å². The molecular weight excluding hydrogens is 326 g/mol. The fourth-order valence-corrected chi connectivity index (χ4v) is 3.87. The van der Waals surface area contributed by atoms with E-state index in [1.54, 1.807) is 6.07 Å². The molecule has 3 heterocycles. The van der Waals surface area contributed by atoms with Gasteiger partial charge in [-0.05, 0) is 44.2 Å². The minimum Gasteiger partial charge on any atom is -0.423 e. The van der Waals surface area contributed by atoms with Gasteiger partial charge < -0.3 is 14.2 Å². The van der Waals surface area contributed by atoms with E-state index in [0.29, 0.717) is 22.5 Å². The number of hydrogen-bond acceptors (Lipinski definition) is 4. The number of hydrogen-bond donors (Lipinski definition) is 0. The number of piperidine rings is 2. The van der Waals surface area contributed by atoms with Gasteiger partial charge in [-0.15, -0.1) is 0 Å².